The number of ether oxygens (including phenoxy) is 1. The Morgan fingerprint density at radius 1 is 1.36 bits per heavy atom. The van der Waals surface area contributed by atoms with Crippen LogP contribution < -0.4 is 5.32 Å². The van der Waals surface area contributed by atoms with E-state index in [2.05, 4.69) is 22.4 Å². The fraction of sp³-hybridized carbons (Fsp3) is 0.750. The summed E-state index contributed by atoms with van der Waals surface area (Å²) in [4.78, 5) is 13.9. The van der Waals surface area contributed by atoms with Crippen LogP contribution in [0.4, 0.5) is 4.79 Å². The zero-order chi connectivity index (χ0) is 16.1. The van der Waals surface area contributed by atoms with Crippen LogP contribution >= 0.6 is 0 Å². The summed E-state index contributed by atoms with van der Waals surface area (Å²) in [7, 11) is 0. The molecule has 2 fully saturated rings. The van der Waals surface area contributed by atoms with Crippen molar-refractivity contribution < 1.29 is 9.53 Å². The van der Waals surface area contributed by atoms with Gasteiger partial charge in [-0.2, -0.15) is 5.10 Å². The van der Waals surface area contributed by atoms with Gasteiger partial charge in [-0.3, -0.25) is 5.10 Å². The van der Waals surface area contributed by atoms with Gasteiger partial charge < -0.3 is 15.0 Å². The first kappa shape index (κ1) is 15.3. The van der Waals surface area contributed by atoms with E-state index in [9.17, 15) is 4.79 Å². The van der Waals surface area contributed by atoms with Crippen molar-refractivity contribution in [2.24, 2.45) is 11.8 Å². The van der Waals surface area contributed by atoms with E-state index >= 15 is 0 Å². The molecule has 1 saturated carbocycles. The Morgan fingerprint density at radius 3 is 2.50 bits per heavy atom. The molecule has 1 aromatic rings. The van der Waals surface area contributed by atoms with Gasteiger partial charge in [0, 0.05) is 36.9 Å². The highest BCUT2D eigenvalue weighted by molar-refractivity contribution is 5.69. The number of likely N-dealkylation sites (tertiary alicyclic amines) is 1. The van der Waals surface area contributed by atoms with Crippen molar-refractivity contribution in [3.63, 3.8) is 0 Å². The number of H-pyrrole nitrogens is 1. The topological polar surface area (TPSA) is 70.2 Å². The number of aromatic amines is 1. The molecule has 0 aromatic carbocycles. The van der Waals surface area contributed by atoms with E-state index in [0.29, 0.717) is 17.9 Å². The number of piperidine rings is 1. The lowest BCUT2D eigenvalue weighted by Gasteiger charge is -2.26. The summed E-state index contributed by atoms with van der Waals surface area (Å²) in [5, 5.41) is 10.8. The number of nitrogens with one attached hydrogen (secondary N) is 2. The van der Waals surface area contributed by atoms with Gasteiger partial charge in [-0.05, 0) is 46.5 Å². The molecule has 0 radical (unpaired) electrons. The highest BCUT2D eigenvalue weighted by atomic mass is 16.6. The molecule has 22 heavy (non-hydrogen) atoms. The number of nitrogens with zero attached hydrogens (tertiary/aromatic N) is 2. The zero-order valence-electron chi connectivity index (χ0n) is 14.1. The quantitative estimate of drug-likeness (QED) is 0.896. The first-order chi connectivity index (χ1) is 10.3. The average molecular weight is 306 g/mol. The molecule has 2 N–H and O–H groups in total. The third-order valence-electron chi connectivity index (χ3n) is 4.64. The maximum Gasteiger partial charge on any atom is 0.410 e. The van der Waals surface area contributed by atoms with Gasteiger partial charge >= 0.3 is 6.09 Å². The van der Waals surface area contributed by atoms with Crippen LogP contribution in [-0.4, -0.2) is 45.9 Å². The molecule has 1 aliphatic heterocycles. The number of fused-ring (bicyclic) bond motifs is 1. The van der Waals surface area contributed by atoms with Gasteiger partial charge in [-0.25, -0.2) is 4.79 Å². The minimum atomic E-state index is -0.419. The maximum atomic E-state index is 12.0. The van der Waals surface area contributed by atoms with Gasteiger partial charge in [-0.15, -0.1) is 0 Å². The van der Waals surface area contributed by atoms with Crippen LogP contribution in [0.25, 0.3) is 0 Å². The van der Waals surface area contributed by atoms with Crippen LogP contribution in [0.2, 0.25) is 0 Å². The average Bonchev–Trinajstić information content (AvgIpc) is 2.75. The van der Waals surface area contributed by atoms with E-state index in [4.69, 9.17) is 4.74 Å². The summed E-state index contributed by atoms with van der Waals surface area (Å²) < 4.78 is 5.43. The Hall–Kier alpha value is -1.56. The van der Waals surface area contributed by atoms with Crippen molar-refractivity contribution in [2.45, 2.75) is 52.8 Å². The SMILES string of the molecule is Cc1n[nH]c(C)c1CNC1C2CN(C(=O)OC(C)(C)C)CC21. The lowest BCUT2D eigenvalue weighted by molar-refractivity contribution is 0.0269. The van der Waals surface area contributed by atoms with Crippen LogP contribution in [0.3, 0.4) is 0 Å². The van der Waals surface area contributed by atoms with Crippen LogP contribution in [0.1, 0.15) is 37.7 Å². The zero-order valence-corrected chi connectivity index (χ0v) is 14.1. The Balaban J connectivity index is 1.46. The number of hydrogen-bond donors (Lipinski definition) is 2. The second-order valence-corrected chi connectivity index (χ2v) is 7.53. The van der Waals surface area contributed by atoms with Crippen molar-refractivity contribution >= 4 is 6.09 Å². The molecule has 2 heterocycles. The normalized spacial score (nSPS) is 27.0. The van der Waals surface area contributed by atoms with Gasteiger partial charge in [0.1, 0.15) is 5.60 Å². The minimum absolute atomic E-state index is 0.181. The van der Waals surface area contributed by atoms with Gasteiger partial charge in [0.2, 0.25) is 0 Å². The number of carbonyl (C=O) groups is 1. The summed E-state index contributed by atoms with van der Waals surface area (Å²) in [6.07, 6.45) is -0.181. The molecule has 6 nitrogen and oxygen atoms in total. The maximum absolute atomic E-state index is 12.0. The predicted molar refractivity (Wildman–Crippen MR) is 83.5 cm³/mol. The van der Waals surface area contributed by atoms with E-state index in [1.807, 2.05) is 32.6 Å². The molecule has 2 unspecified atom stereocenters. The lowest BCUT2D eigenvalue weighted by atomic mass is 10.2. The Morgan fingerprint density at radius 2 is 2.00 bits per heavy atom. The summed E-state index contributed by atoms with van der Waals surface area (Å²) in [6.45, 7) is 12.2. The fourth-order valence-corrected chi connectivity index (χ4v) is 3.36. The van der Waals surface area contributed by atoms with E-state index in [-0.39, 0.29) is 6.09 Å². The van der Waals surface area contributed by atoms with Gasteiger partial charge in [0.05, 0.1) is 5.69 Å². The standard InChI is InChI=1S/C16H26N4O2/c1-9-11(10(2)19-18-9)6-17-14-12-7-20(8-13(12)14)15(21)22-16(3,4)5/h12-14,17H,6-8H2,1-5H3,(H,18,19). The molecule has 2 aliphatic rings. The smallest absolute Gasteiger partial charge is 0.410 e. The Labute approximate surface area is 131 Å². The molecule has 6 heteroatoms. The molecule has 1 aliphatic carbocycles. The number of aromatic nitrogens is 2. The molecule has 0 bridgehead atoms. The number of aryl methyl sites for hydroxylation is 2. The van der Waals surface area contributed by atoms with Crippen molar-refractivity contribution in [2.75, 3.05) is 13.1 Å². The minimum Gasteiger partial charge on any atom is -0.444 e. The molecule has 1 aromatic heterocycles. The highest BCUT2D eigenvalue weighted by Gasteiger charge is 2.56. The summed E-state index contributed by atoms with van der Waals surface area (Å²) in [5.74, 6) is 1.14. The number of rotatable bonds is 3. The van der Waals surface area contributed by atoms with E-state index in [0.717, 1.165) is 31.0 Å². The van der Waals surface area contributed by atoms with Crippen LogP contribution in [-0.2, 0) is 11.3 Å². The third kappa shape index (κ3) is 2.97. The van der Waals surface area contributed by atoms with Gasteiger partial charge in [-0.1, -0.05) is 0 Å². The van der Waals surface area contributed by atoms with Crippen molar-refractivity contribution in [3.8, 4) is 0 Å². The number of carbonyl (C=O) groups excluding carboxylic acids is 1. The van der Waals surface area contributed by atoms with E-state index in [1.54, 1.807) is 0 Å². The third-order valence-corrected chi connectivity index (χ3v) is 4.64. The number of hydrogen-bond acceptors (Lipinski definition) is 4. The van der Waals surface area contributed by atoms with E-state index in [1.165, 1.54) is 5.56 Å². The Kier molecular flexibility index (Phi) is 3.67. The second-order valence-electron chi connectivity index (χ2n) is 7.53. The first-order valence-corrected chi connectivity index (χ1v) is 7.98. The molecule has 1 saturated heterocycles. The molecule has 122 valence electrons. The predicted octanol–water partition coefficient (Wildman–Crippen LogP) is 1.98. The molecule has 2 atom stereocenters. The van der Waals surface area contributed by atoms with Crippen LogP contribution in [0.15, 0.2) is 0 Å². The highest BCUT2D eigenvalue weighted by Crippen LogP contribution is 2.46. The van der Waals surface area contributed by atoms with E-state index < -0.39 is 5.60 Å². The molecule has 0 spiro atoms. The Bertz CT molecular complexity index is 544. The largest absolute Gasteiger partial charge is 0.444 e. The van der Waals surface area contributed by atoms with Crippen molar-refractivity contribution in [1.82, 2.24) is 20.4 Å². The molecule has 3 rings (SSSR count). The summed E-state index contributed by atoms with van der Waals surface area (Å²) in [6, 6.07) is 0.521. The second kappa shape index (κ2) is 5.26. The molecular formula is C16H26N4O2. The van der Waals surface area contributed by atoms with Gasteiger partial charge in [0.25, 0.3) is 0 Å². The van der Waals surface area contributed by atoms with Crippen LogP contribution in [0.5, 0.6) is 0 Å². The van der Waals surface area contributed by atoms with Crippen LogP contribution in [0, 0.1) is 25.7 Å². The monoisotopic (exact) mass is 306 g/mol. The lowest BCUT2D eigenvalue weighted by Crippen LogP contribution is -2.39. The van der Waals surface area contributed by atoms with Crippen molar-refractivity contribution in [1.29, 1.82) is 0 Å². The fourth-order valence-electron chi connectivity index (χ4n) is 3.36. The molecule has 1 amide bonds. The summed E-state index contributed by atoms with van der Waals surface area (Å²) >= 11 is 0. The molecular weight excluding hydrogens is 280 g/mol. The van der Waals surface area contributed by atoms with Gasteiger partial charge in [0.15, 0.2) is 0 Å². The number of amides is 1. The first-order valence-electron chi connectivity index (χ1n) is 7.98. The summed E-state index contributed by atoms with van der Waals surface area (Å²) in [5.41, 5.74) is 3.03. The van der Waals surface area contributed by atoms with Crippen molar-refractivity contribution in [3.05, 3.63) is 17.0 Å².